The van der Waals surface area contributed by atoms with Gasteiger partial charge in [0, 0.05) is 32.4 Å². The molecular weight excluding hydrogens is 252 g/mol. The SMILES string of the molecule is Cn1ccnc1CCNC(=O)c1cccc(F)c1F. The summed E-state index contributed by atoms with van der Waals surface area (Å²) in [6.45, 7) is 0.305. The molecule has 6 heteroatoms. The summed E-state index contributed by atoms with van der Waals surface area (Å²) in [4.78, 5) is 15.8. The van der Waals surface area contributed by atoms with Crippen molar-refractivity contribution in [3.05, 3.63) is 53.6 Å². The molecule has 0 aliphatic rings. The Bertz CT molecular complexity index is 595. The number of amides is 1. The molecule has 0 aliphatic carbocycles. The fourth-order valence-electron chi connectivity index (χ4n) is 1.70. The fraction of sp³-hybridized carbons (Fsp3) is 0.231. The van der Waals surface area contributed by atoms with E-state index in [1.54, 1.807) is 12.4 Å². The van der Waals surface area contributed by atoms with E-state index in [4.69, 9.17) is 0 Å². The Morgan fingerprint density at radius 2 is 2.21 bits per heavy atom. The molecule has 4 nitrogen and oxygen atoms in total. The predicted octanol–water partition coefficient (Wildman–Crippen LogP) is 1.67. The molecule has 2 aromatic rings. The molecule has 0 unspecified atom stereocenters. The van der Waals surface area contributed by atoms with Crippen molar-refractivity contribution in [3.8, 4) is 0 Å². The van der Waals surface area contributed by atoms with E-state index in [1.807, 2.05) is 11.6 Å². The van der Waals surface area contributed by atoms with Gasteiger partial charge in [-0.25, -0.2) is 13.8 Å². The molecule has 0 radical (unpaired) electrons. The second-order valence-electron chi connectivity index (χ2n) is 4.06. The van der Waals surface area contributed by atoms with Crippen LogP contribution in [0.25, 0.3) is 0 Å². The van der Waals surface area contributed by atoms with Gasteiger partial charge >= 0.3 is 0 Å². The number of rotatable bonds is 4. The molecule has 0 aliphatic heterocycles. The van der Waals surface area contributed by atoms with Gasteiger partial charge in [0.1, 0.15) is 5.82 Å². The van der Waals surface area contributed by atoms with Crippen molar-refractivity contribution in [1.82, 2.24) is 14.9 Å². The van der Waals surface area contributed by atoms with E-state index in [2.05, 4.69) is 10.3 Å². The number of carbonyl (C=O) groups is 1. The van der Waals surface area contributed by atoms with Crippen LogP contribution in [-0.4, -0.2) is 22.0 Å². The van der Waals surface area contributed by atoms with Crippen LogP contribution >= 0.6 is 0 Å². The highest BCUT2D eigenvalue weighted by atomic mass is 19.2. The minimum Gasteiger partial charge on any atom is -0.351 e. The molecule has 2 rings (SSSR count). The molecule has 1 aromatic carbocycles. The van der Waals surface area contributed by atoms with Crippen LogP contribution in [0.3, 0.4) is 0 Å². The molecule has 0 fully saturated rings. The third-order valence-electron chi connectivity index (χ3n) is 2.75. The van der Waals surface area contributed by atoms with Gasteiger partial charge in [0.25, 0.3) is 5.91 Å². The first-order valence-electron chi connectivity index (χ1n) is 5.78. The zero-order chi connectivity index (χ0) is 13.8. The minimum atomic E-state index is -1.13. The lowest BCUT2D eigenvalue weighted by Crippen LogP contribution is -2.27. The number of nitrogens with zero attached hydrogens (tertiary/aromatic N) is 2. The smallest absolute Gasteiger partial charge is 0.254 e. The second-order valence-corrected chi connectivity index (χ2v) is 4.06. The van der Waals surface area contributed by atoms with Crippen LogP contribution in [0.15, 0.2) is 30.6 Å². The summed E-state index contributed by atoms with van der Waals surface area (Å²) in [5.74, 6) is -1.99. The highest BCUT2D eigenvalue weighted by Gasteiger charge is 2.14. The van der Waals surface area contributed by atoms with E-state index in [9.17, 15) is 13.6 Å². The normalized spacial score (nSPS) is 10.5. The Labute approximate surface area is 109 Å². The number of hydrogen-bond donors (Lipinski definition) is 1. The average molecular weight is 265 g/mol. The highest BCUT2D eigenvalue weighted by Crippen LogP contribution is 2.10. The third-order valence-corrected chi connectivity index (χ3v) is 2.75. The molecule has 1 aromatic heterocycles. The number of carbonyl (C=O) groups excluding carboxylic acids is 1. The van der Waals surface area contributed by atoms with Crippen molar-refractivity contribution in [2.75, 3.05) is 6.54 Å². The predicted molar refractivity (Wildman–Crippen MR) is 65.6 cm³/mol. The van der Waals surface area contributed by atoms with Crippen LogP contribution in [0.1, 0.15) is 16.2 Å². The summed E-state index contributed by atoms with van der Waals surface area (Å²) in [6, 6.07) is 3.51. The van der Waals surface area contributed by atoms with E-state index in [0.29, 0.717) is 13.0 Å². The molecule has 1 N–H and O–H groups in total. The molecule has 0 saturated carbocycles. The zero-order valence-corrected chi connectivity index (χ0v) is 10.4. The van der Waals surface area contributed by atoms with Crippen LogP contribution in [-0.2, 0) is 13.5 Å². The van der Waals surface area contributed by atoms with Crippen molar-refractivity contribution in [2.24, 2.45) is 7.05 Å². The quantitative estimate of drug-likeness (QED) is 0.914. The molecule has 100 valence electrons. The summed E-state index contributed by atoms with van der Waals surface area (Å²) in [5.41, 5.74) is -0.292. The monoisotopic (exact) mass is 265 g/mol. The van der Waals surface area contributed by atoms with Gasteiger partial charge in [-0.2, -0.15) is 0 Å². The Balaban J connectivity index is 1.95. The van der Waals surface area contributed by atoms with Crippen LogP contribution < -0.4 is 5.32 Å². The Kier molecular flexibility index (Phi) is 3.89. The molecule has 1 heterocycles. The zero-order valence-electron chi connectivity index (χ0n) is 10.4. The van der Waals surface area contributed by atoms with Gasteiger partial charge in [-0.15, -0.1) is 0 Å². The van der Waals surface area contributed by atoms with Crippen LogP contribution in [0, 0.1) is 11.6 Å². The summed E-state index contributed by atoms with van der Waals surface area (Å²) in [7, 11) is 1.84. The van der Waals surface area contributed by atoms with E-state index < -0.39 is 17.5 Å². The van der Waals surface area contributed by atoms with Crippen LogP contribution in [0.4, 0.5) is 8.78 Å². The van der Waals surface area contributed by atoms with Crippen molar-refractivity contribution in [1.29, 1.82) is 0 Å². The molecule has 1 amide bonds. The first-order chi connectivity index (χ1) is 9.09. The topological polar surface area (TPSA) is 46.9 Å². The standard InChI is InChI=1S/C13H13F2N3O/c1-18-8-7-16-11(18)5-6-17-13(19)9-3-2-4-10(14)12(9)15/h2-4,7-8H,5-6H2,1H3,(H,17,19). The first-order valence-corrected chi connectivity index (χ1v) is 5.78. The maximum atomic E-state index is 13.4. The van der Waals surface area contributed by atoms with Gasteiger partial charge in [0.05, 0.1) is 5.56 Å². The lowest BCUT2D eigenvalue weighted by Gasteiger charge is -2.06. The average Bonchev–Trinajstić information content (AvgIpc) is 2.78. The van der Waals surface area contributed by atoms with Gasteiger partial charge in [-0.3, -0.25) is 4.79 Å². The van der Waals surface area contributed by atoms with Gasteiger partial charge in [-0.1, -0.05) is 6.07 Å². The van der Waals surface area contributed by atoms with Gasteiger partial charge in [-0.05, 0) is 12.1 Å². The largest absolute Gasteiger partial charge is 0.351 e. The number of aryl methyl sites for hydroxylation is 1. The number of nitrogens with one attached hydrogen (secondary N) is 1. The summed E-state index contributed by atoms with van der Waals surface area (Å²) < 4.78 is 28.2. The van der Waals surface area contributed by atoms with E-state index in [-0.39, 0.29) is 5.56 Å². The maximum Gasteiger partial charge on any atom is 0.254 e. The van der Waals surface area contributed by atoms with Crippen molar-refractivity contribution in [3.63, 3.8) is 0 Å². The number of aromatic nitrogens is 2. The number of halogens is 2. The van der Waals surface area contributed by atoms with Crippen molar-refractivity contribution in [2.45, 2.75) is 6.42 Å². The van der Waals surface area contributed by atoms with Crippen LogP contribution in [0.2, 0.25) is 0 Å². The third kappa shape index (κ3) is 2.96. The van der Waals surface area contributed by atoms with E-state index >= 15 is 0 Å². The second kappa shape index (κ2) is 5.60. The number of hydrogen-bond acceptors (Lipinski definition) is 2. The van der Waals surface area contributed by atoms with Gasteiger partial charge < -0.3 is 9.88 Å². The van der Waals surface area contributed by atoms with E-state index in [1.165, 1.54) is 12.1 Å². The lowest BCUT2D eigenvalue weighted by atomic mass is 10.2. The number of benzene rings is 1. The fourth-order valence-corrected chi connectivity index (χ4v) is 1.70. The summed E-state index contributed by atoms with van der Waals surface area (Å²) in [5, 5.41) is 2.53. The van der Waals surface area contributed by atoms with Crippen molar-refractivity contribution >= 4 is 5.91 Å². The van der Waals surface area contributed by atoms with E-state index in [0.717, 1.165) is 11.9 Å². The molecule has 0 saturated heterocycles. The molecule has 0 atom stereocenters. The Hall–Kier alpha value is -2.24. The lowest BCUT2D eigenvalue weighted by molar-refractivity contribution is 0.0949. The molecular formula is C13H13F2N3O. The van der Waals surface area contributed by atoms with Gasteiger partial charge in [0.2, 0.25) is 0 Å². The Morgan fingerprint density at radius 3 is 2.89 bits per heavy atom. The van der Waals surface area contributed by atoms with Gasteiger partial charge in [0.15, 0.2) is 11.6 Å². The first kappa shape index (κ1) is 13.2. The summed E-state index contributed by atoms with van der Waals surface area (Å²) >= 11 is 0. The summed E-state index contributed by atoms with van der Waals surface area (Å²) in [6.07, 6.45) is 3.97. The highest BCUT2D eigenvalue weighted by molar-refractivity contribution is 5.94. The number of imidazole rings is 1. The van der Waals surface area contributed by atoms with Crippen LogP contribution in [0.5, 0.6) is 0 Å². The van der Waals surface area contributed by atoms with Crippen molar-refractivity contribution < 1.29 is 13.6 Å². The molecule has 0 bridgehead atoms. The molecule has 19 heavy (non-hydrogen) atoms. The maximum absolute atomic E-state index is 13.4. The Morgan fingerprint density at radius 1 is 1.42 bits per heavy atom. The minimum absolute atomic E-state index is 0.292. The molecule has 0 spiro atoms.